The number of rotatable bonds is 1. The summed E-state index contributed by atoms with van der Waals surface area (Å²) in [6.07, 6.45) is 1.61. The fourth-order valence-corrected chi connectivity index (χ4v) is 2.29. The van der Waals surface area contributed by atoms with Crippen molar-refractivity contribution in [3.05, 3.63) is 44.4 Å². The summed E-state index contributed by atoms with van der Waals surface area (Å²) < 4.78 is 6.09. The second-order valence-electron chi connectivity index (χ2n) is 3.59. The first-order valence-electron chi connectivity index (χ1n) is 5.02. The maximum atomic E-state index is 6.01. The van der Waals surface area contributed by atoms with Gasteiger partial charge in [0.2, 0.25) is 0 Å². The van der Waals surface area contributed by atoms with Crippen molar-refractivity contribution in [3.8, 4) is 11.4 Å². The molecule has 3 nitrogen and oxygen atoms in total. The summed E-state index contributed by atoms with van der Waals surface area (Å²) in [6, 6.07) is 7.66. The number of hydrogen-bond donors (Lipinski definition) is 0. The molecule has 0 fully saturated rings. The molecule has 90 valence electrons. The zero-order chi connectivity index (χ0) is 12.7. The smallest absolute Gasteiger partial charge is 0.166 e. The summed E-state index contributed by atoms with van der Waals surface area (Å²) in [6.45, 7) is 0. The third-order valence-corrected chi connectivity index (χ3v) is 4.70. The molecule has 0 unspecified atom stereocenters. The van der Waals surface area contributed by atoms with Crippen molar-refractivity contribution in [2.75, 3.05) is 0 Å². The molecule has 0 saturated heterocycles. The van der Waals surface area contributed by atoms with E-state index >= 15 is 0 Å². The van der Waals surface area contributed by atoms with Gasteiger partial charge < -0.3 is 4.42 Å². The normalized spacial score (nSPS) is 11.1. The standard InChI is InChI=1S/C12H5Cl2IN2O/c13-10-9(15)11(14)17-12(16-10)7-5-18-8-4-2-1-3-6(7)8/h1-5H. The highest BCUT2D eigenvalue weighted by molar-refractivity contribution is 14.1. The van der Waals surface area contributed by atoms with Crippen molar-refractivity contribution in [3.63, 3.8) is 0 Å². The third kappa shape index (κ3) is 1.98. The van der Waals surface area contributed by atoms with E-state index in [2.05, 4.69) is 9.97 Å². The summed E-state index contributed by atoms with van der Waals surface area (Å²) >= 11 is 14.0. The quantitative estimate of drug-likeness (QED) is 0.442. The molecule has 0 bridgehead atoms. The molecule has 0 aliphatic heterocycles. The van der Waals surface area contributed by atoms with E-state index in [0.717, 1.165) is 16.5 Å². The molecule has 1 aromatic carbocycles. The van der Waals surface area contributed by atoms with Crippen LogP contribution in [0.3, 0.4) is 0 Å². The molecule has 0 radical (unpaired) electrons. The number of hydrogen-bond acceptors (Lipinski definition) is 3. The van der Waals surface area contributed by atoms with Gasteiger partial charge in [-0.05, 0) is 28.7 Å². The van der Waals surface area contributed by atoms with Gasteiger partial charge in [-0.15, -0.1) is 0 Å². The molecule has 0 aliphatic carbocycles. The van der Waals surface area contributed by atoms with Crippen LogP contribution in [0.2, 0.25) is 10.3 Å². The Bertz CT molecular complexity index is 719. The van der Waals surface area contributed by atoms with Gasteiger partial charge in [0.05, 0.1) is 9.13 Å². The third-order valence-electron chi connectivity index (χ3n) is 2.49. The van der Waals surface area contributed by atoms with E-state index in [1.165, 1.54) is 0 Å². The zero-order valence-electron chi connectivity index (χ0n) is 8.82. The van der Waals surface area contributed by atoms with Gasteiger partial charge in [-0.2, -0.15) is 0 Å². The highest BCUT2D eigenvalue weighted by Crippen LogP contribution is 2.31. The number of fused-ring (bicyclic) bond motifs is 1. The lowest BCUT2D eigenvalue weighted by Crippen LogP contribution is -1.93. The average molecular weight is 391 g/mol. The molecule has 3 rings (SSSR count). The SMILES string of the molecule is Clc1nc(-c2coc3ccccc23)nc(Cl)c1I. The lowest BCUT2D eigenvalue weighted by molar-refractivity contribution is 0.616. The first-order chi connectivity index (χ1) is 8.66. The van der Waals surface area contributed by atoms with Gasteiger partial charge in [-0.3, -0.25) is 0 Å². The molecule has 0 saturated carbocycles. The molecule has 0 spiro atoms. The minimum atomic E-state index is 0.343. The van der Waals surface area contributed by atoms with Crippen LogP contribution in [0.5, 0.6) is 0 Å². The van der Waals surface area contributed by atoms with Crippen LogP contribution in [0, 0.1) is 3.57 Å². The fourth-order valence-electron chi connectivity index (χ4n) is 1.67. The maximum Gasteiger partial charge on any atom is 0.166 e. The van der Waals surface area contributed by atoms with E-state index in [-0.39, 0.29) is 0 Å². The van der Waals surface area contributed by atoms with Crippen LogP contribution in [-0.2, 0) is 0 Å². The van der Waals surface area contributed by atoms with Crippen LogP contribution in [0.1, 0.15) is 0 Å². The minimum absolute atomic E-state index is 0.343. The largest absolute Gasteiger partial charge is 0.464 e. The predicted octanol–water partition coefficient (Wildman–Crippen LogP) is 4.80. The van der Waals surface area contributed by atoms with Gasteiger partial charge >= 0.3 is 0 Å². The molecule has 0 amide bonds. The van der Waals surface area contributed by atoms with E-state index in [1.807, 2.05) is 46.9 Å². The molecular weight excluding hydrogens is 386 g/mol. The van der Waals surface area contributed by atoms with Gasteiger partial charge in [0.1, 0.15) is 22.2 Å². The Morgan fingerprint density at radius 3 is 2.44 bits per heavy atom. The van der Waals surface area contributed by atoms with Crippen LogP contribution >= 0.6 is 45.8 Å². The first-order valence-corrected chi connectivity index (χ1v) is 6.85. The Hall–Kier alpha value is -0.850. The predicted molar refractivity (Wildman–Crippen MR) is 80.0 cm³/mol. The van der Waals surface area contributed by atoms with Gasteiger partial charge in [-0.1, -0.05) is 41.4 Å². The number of furan rings is 1. The highest BCUT2D eigenvalue weighted by atomic mass is 127. The monoisotopic (exact) mass is 390 g/mol. The Kier molecular flexibility index (Phi) is 3.17. The van der Waals surface area contributed by atoms with Crippen LogP contribution in [0.4, 0.5) is 0 Å². The number of para-hydroxylation sites is 1. The van der Waals surface area contributed by atoms with Crippen molar-refractivity contribution in [2.24, 2.45) is 0 Å². The minimum Gasteiger partial charge on any atom is -0.464 e. The summed E-state index contributed by atoms with van der Waals surface area (Å²) in [4.78, 5) is 8.46. The topological polar surface area (TPSA) is 38.9 Å². The molecule has 18 heavy (non-hydrogen) atoms. The highest BCUT2D eigenvalue weighted by Gasteiger charge is 2.14. The van der Waals surface area contributed by atoms with Gasteiger partial charge in [0.15, 0.2) is 5.82 Å². The van der Waals surface area contributed by atoms with Crippen molar-refractivity contribution in [1.82, 2.24) is 9.97 Å². The number of benzene rings is 1. The van der Waals surface area contributed by atoms with Gasteiger partial charge in [-0.25, -0.2) is 9.97 Å². The Labute approximate surface area is 126 Å². The van der Waals surface area contributed by atoms with E-state index in [9.17, 15) is 0 Å². The molecule has 2 heterocycles. The second-order valence-corrected chi connectivity index (χ2v) is 5.38. The Balaban J connectivity index is 2.26. The van der Waals surface area contributed by atoms with Crippen molar-refractivity contribution >= 4 is 56.8 Å². The maximum absolute atomic E-state index is 6.01. The van der Waals surface area contributed by atoms with E-state index in [4.69, 9.17) is 27.6 Å². The Morgan fingerprint density at radius 2 is 1.72 bits per heavy atom. The second kappa shape index (κ2) is 4.68. The number of halogens is 3. The van der Waals surface area contributed by atoms with Crippen LogP contribution in [-0.4, -0.2) is 9.97 Å². The summed E-state index contributed by atoms with van der Waals surface area (Å²) in [5.41, 5.74) is 1.56. The molecule has 0 N–H and O–H groups in total. The van der Waals surface area contributed by atoms with E-state index < -0.39 is 0 Å². The fraction of sp³-hybridized carbons (Fsp3) is 0. The molecular formula is C12H5Cl2IN2O. The summed E-state index contributed by atoms with van der Waals surface area (Å²) in [7, 11) is 0. The van der Waals surface area contributed by atoms with Crippen LogP contribution in [0.25, 0.3) is 22.4 Å². The van der Waals surface area contributed by atoms with Gasteiger partial charge in [0, 0.05) is 5.39 Å². The first kappa shape index (κ1) is 12.2. The lowest BCUT2D eigenvalue weighted by atomic mass is 10.1. The summed E-state index contributed by atoms with van der Waals surface area (Å²) in [5.74, 6) is 0.468. The number of nitrogens with zero attached hydrogens (tertiary/aromatic N) is 2. The Morgan fingerprint density at radius 1 is 1.06 bits per heavy atom. The van der Waals surface area contributed by atoms with E-state index in [0.29, 0.717) is 19.7 Å². The molecule has 0 atom stereocenters. The van der Waals surface area contributed by atoms with Crippen LogP contribution < -0.4 is 0 Å². The molecule has 3 aromatic rings. The van der Waals surface area contributed by atoms with Gasteiger partial charge in [0.25, 0.3) is 0 Å². The zero-order valence-corrected chi connectivity index (χ0v) is 12.5. The summed E-state index contributed by atoms with van der Waals surface area (Å²) in [5, 5.41) is 1.62. The number of aromatic nitrogens is 2. The van der Waals surface area contributed by atoms with Crippen LogP contribution in [0.15, 0.2) is 34.9 Å². The van der Waals surface area contributed by atoms with Crippen molar-refractivity contribution < 1.29 is 4.42 Å². The molecule has 0 aliphatic rings. The van der Waals surface area contributed by atoms with E-state index in [1.54, 1.807) is 6.26 Å². The van der Waals surface area contributed by atoms with Crippen molar-refractivity contribution in [2.45, 2.75) is 0 Å². The molecule has 6 heteroatoms. The van der Waals surface area contributed by atoms with Crippen molar-refractivity contribution in [1.29, 1.82) is 0 Å². The lowest BCUT2D eigenvalue weighted by Gasteiger charge is -2.02. The molecule has 2 aromatic heterocycles. The average Bonchev–Trinajstić information content (AvgIpc) is 2.79.